The van der Waals surface area contributed by atoms with E-state index < -0.39 is 0 Å². The van der Waals surface area contributed by atoms with Gasteiger partial charge in [0.15, 0.2) is 6.10 Å². The van der Waals surface area contributed by atoms with Gasteiger partial charge >= 0.3 is 0 Å². The quantitative estimate of drug-likeness (QED) is 0.401. The Morgan fingerprint density at radius 1 is 1.27 bits per heavy atom. The maximum Gasteiger partial charge on any atom is 0.254 e. The van der Waals surface area contributed by atoms with E-state index >= 15 is 0 Å². The van der Waals surface area contributed by atoms with Crippen LogP contribution in [0.15, 0.2) is 30.3 Å². The second-order valence-corrected chi connectivity index (χ2v) is 6.85. The summed E-state index contributed by atoms with van der Waals surface area (Å²) in [6, 6.07) is 10.1. The van der Waals surface area contributed by atoms with E-state index in [0.717, 1.165) is 10.9 Å². The van der Waals surface area contributed by atoms with Crippen molar-refractivity contribution >= 4 is 21.8 Å². The summed E-state index contributed by atoms with van der Waals surface area (Å²) < 4.78 is 11.0. The second kappa shape index (κ2) is 7.57. The summed E-state index contributed by atoms with van der Waals surface area (Å²) in [6.45, 7) is 5.99. The summed E-state index contributed by atoms with van der Waals surface area (Å²) in [7, 11) is 1.60. The van der Waals surface area contributed by atoms with Crippen molar-refractivity contribution in [1.82, 2.24) is 4.90 Å². The highest BCUT2D eigenvalue weighted by atomic mass is 79.9. The molecule has 5 heteroatoms. The number of carbonyl (C=O) groups is 1. The fourth-order valence-corrected chi connectivity index (χ4v) is 3.17. The number of rotatable bonds is 8. The number of β-lactam (4-membered cyclic amide) rings is 1. The van der Waals surface area contributed by atoms with Crippen LogP contribution >= 0.6 is 15.9 Å². The molecule has 0 N–H and O–H groups in total. The molecule has 1 aromatic rings. The van der Waals surface area contributed by atoms with Gasteiger partial charge in [-0.3, -0.25) is 4.79 Å². The molecule has 1 aliphatic rings. The third-order valence-electron chi connectivity index (χ3n) is 4.14. The number of methoxy groups -OCH3 is 1. The number of alkyl halides is 1. The van der Waals surface area contributed by atoms with Crippen molar-refractivity contribution in [3.8, 4) is 0 Å². The number of hydrogen-bond donors (Lipinski definition) is 0. The molecule has 1 amide bonds. The predicted molar refractivity (Wildman–Crippen MR) is 90.0 cm³/mol. The van der Waals surface area contributed by atoms with E-state index in [1.807, 2.05) is 35.2 Å². The lowest BCUT2D eigenvalue weighted by Gasteiger charge is -2.53. The molecule has 2 rings (SSSR count). The summed E-state index contributed by atoms with van der Waals surface area (Å²) in [4.78, 5) is 14.0. The summed E-state index contributed by atoms with van der Waals surface area (Å²) in [6.07, 6.45) is -0.332. The van der Waals surface area contributed by atoms with Crippen LogP contribution in [0, 0.1) is 5.41 Å². The van der Waals surface area contributed by atoms with Crippen LogP contribution in [0.1, 0.15) is 19.4 Å². The number of benzene rings is 1. The summed E-state index contributed by atoms with van der Waals surface area (Å²) in [5.41, 5.74) is 1.11. The summed E-state index contributed by atoms with van der Waals surface area (Å²) in [5, 5.41) is 0.819. The molecule has 1 heterocycles. The topological polar surface area (TPSA) is 38.8 Å². The molecule has 0 aromatic heterocycles. The summed E-state index contributed by atoms with van der Waals surface area (Å²) >= 11 is 3.54. The minimum atomic E-state index is -0.332. The van der Waals surface area contributed by atoms with E-state index in [4.69, 9.17) is 9.47 Å². The highest BCUT2D eigenvalue weighted by Crippen LogP contribution is 2.37. The monoisotopic (exact) mass is 369 g/mol. The molecule has 0 aliphatic carbocycles. The number of likely N-dealkylation sites (tertiary alicyclic amines) is 1. The first kappa shape index (κ1) is 17.4. The number of nitrogens with zero attached hydrogens (tertiary/aromatic N) is 1. The van der Waals surface area contributed by atoms with Crippen LogP contribution in [0.4, 0.5) is 0 Å². The van der Waals surface area contributed by atoms with Crippen molar-refractivity contribution in [1.29, 1.82) is 0 Å². The van der Waals surface area contributed by atoms with E-state index in [1.165, 1.54) is 0 Å². The molecule has 0 spiro atoms. The smallest absolute Gasteiger partial charge is 0.254 e. The van der Waals surface area contributed by atoms with E-state index in [1.54, 1.807) is 7.11 Å². The van der Waals surface area contributed by atoms with Crippen molar-refractivity contribution in [3.05, 3.63) is 35.9 Å². The highest BCUT2D eigenvalue weighted by Gasteiger charge is 2.53. The molecule has 0 radical (unpaired) electrons. The maximum absolute atomic E-state index is 12.2. The van der Waals surface area contributed by atoms with Gasteiger partial charge < -0.3 is 14.4 Å². The minimum Gasteiger partial charge on any atom is -0.375 e. The first-order chi connectivity index (χ1) is 10.5. The lowest BCUT2D eigenvalue weighted by Crippen LogP contribution is -2.71. The number of amides is 1. The number of hydrogen-bond acceptors (Lipinski definition) is 3. The van der Waals surface area contributed by atoms with Gasteiger partial charge in [0, 0.05) is 19.0 Å². The van der Waals surface area contributed by atoms with E-state index in [0.29, 0.717) is 19.8 Å². The normalized spacial score (nSPS) is 21.8. The Labute approximate surface area is 140 Å². The molecule has 2 atom stereocenters. The van der Waals surface area contributed by atoms with Crippen molar-refractivity contribution in [2.75, 3.05) is 25.6 Å². The molecule has 122 valence electrons. The fraction of sp³-hybridized carbons (Fsp3) is 0.588. The molecular weight excluding hydrogens is 346 g/mol. The predicted octanol–water partition coefficient (Wildman–Crippen LogP) is 2.85. The largest absolute Gasteiger partial charge is 0.375 e. The van der Waals surface area contributed by atoms with Gasteiger partial charge in [-0.2, -0.15) is 0 Å². The van der Waals surface area contributed by atoms with Crippen molar-refractivity contribution in [2.24, 2.45) is 5.41 Å². The van der Waals surface area contributed by atoms with Crippen molar-refractivity contribution in [2.45, 2.75) is 32.6 Å². The van der Waals surface area contributed by atoms with E-state index in [2.05, 4.69) is 29.8 Å². The number of carbonyl (C=O) groups excluding carboxylic acids is 1. The van der Waals surface area contributed by atoms with Crippen LogP contribution in [0.25, 0.3) is 0 Å². The average Bonchev–Trinajstić information content (AvgIpc) is 2.53. The molecular formula is C17H24BrNO3. The van der Waals surface area contributed by atoms with Crippen LogP contribution in [0.2, 0.25) is 0 Å². The van der Waals surface area contributed by atoms with E-state index in [-0.39, 0.29) is 23.5 Å². The second-order valence-electron chi connectivity index (χ2n) is 6.29. The molecule has 0 unspecified atom stereocenters. The van der Waals surface area contributed by atoms with Gasteiger partial charge in [-0.1, -0.05) is 60.1 Å². The van der Waals surface area contributed by atoms with Gasteiger partial charge in [-0.05, 0) is 11.0 Å². The van der Waals surface area contributed by atoms with Gasteiger partial charge in [0.2, 0.25) is 0 Å². The number of halogens is 1. The zero-order chi connectivity index (χ0) is 16.2. The van der Waals surface area contributed by atoms with E-state index in [9.17, 15) is 4.79 Å². The highest BCUT2D eigenvalue weighted by molar-refractivity contribution is 9.09. The summed E-state index contributed by atoms with van der Waals surface area (Å²) in [5.74, 6) is 0.0600. The van der Waals surface area contributed by atoms with Gasteiger partial charge in [-0.15, -0.1) is 0 Å². The van der Waals surface area contributed by atoms with Gasteiger partial charge in [-0.25, -0.2) is 0 Å². The first-order valence-electron chi connectivity index (χ1n) is 7.52. The lowest BCUT2D eigenvalue weighted by molar-refractivity contribution is -0.181. The molecule has 22 heavy (non-hydrogen) atoms. The molecule has 1 saturated heterocycles. The zero-order valence-corrected chi connectivity index (χ0v) is 15.0. The van der Waals surface area contributed by atoms with Crippen LogP contribution in [0.5, 0.6) is 0 Å². The fourth-order valence-electron chi connectivity index (χ4n) is 2.83. The zero-order valence-electron chi connectivity index (χ0n) is 13.4. The molecule has 1 fully saturated rings. The Hall–Kier alpha value is -0.910. The third kappa shape index (κ3) is 3.70. The van der Waals surface area contributed by atoms with Gasteiger partial charge in [0.05, 0.1) is 19.3 Å². The van der Waals surface area contributed by atoms with Gasteiger partial charge in [0.1, 0.15) is 0 Å². The van der Waals surface area contributed by atoms with Crippen molar-refractivity contribution < 1.29 is 14.3 Å². The van der Waals surface area contributed by atoms with Gasteiger partial charge in [0.25, 0.3) is 5.91 Å². The average molecular weight is 370 g/mol. The first-order valence-corrected chi connectivity index (χ1v) is 8.64. The van der Waals surface area contributed by atoms with Crippen LogP contribution in [-0.2, 0) is 20.9 Å². The standard InChI is InChI=1S/C17H24BrNO3/c1-17(2,12-18)15-14(21-3)16(20)19(15)9-10-22-11-13-7-5-4-6-8-13/h4-8,14-15H,9-12H2,1-3H3/t14-,15-/m0/s1. The maximum atomic E-state index is 12.2. The third-order valence-corrected chi connectivity index (χ3v) is 5.58. The Morgan fingerprint density at radius 3 is 2.55 bits per heavy atom. The SMILES string of the molecule is CO[C@@H]1C(=O)N(CCOCc2ccccc2)[C@@H]1C(C)(C)CBr. The van der Waals surface area contributed by atoms with Crippen LogP contribution in [0.3, 0.4) is 0 Å². The molecule has 0 bridgehead atoms. The van der Waals surface area contributed by atoms with Crippen LogP contribution in [-0.4, -0.2) is 48.5 Å². The molecule has 4 nitrogen and oxygen atoms in total. The minimum absolute atomic E-state index is 0.0337. The molecule has 0 saturated carbocycles. The number of ether oxygens (including phenoxy) is 2. The Balaban J connectivity index is 1.84. The Kier molecular flexibility index (Phi) is 6.01. The lowest BCUT2D eigenvalue weighted by atomic mass is 9.76. The molecule has 1 aromatic carbocycles. The van der Waals surface area contributed by atoms with Crippen molar-refractivity contribution in [3.63, 3.8) is 0 Å². The molecule has 1 aliphatic heterocycles. The van der Waals surface area contributed by atoms with Crippen LogP contribution < -0.4 is 0 Å². The Bertz CT molecular complexity index is 492. The Morgan fingerprint density at radius 2 is 1.95 bits per heavy atom.